The van der Waals surface area contributed by atoms with Gasteiger partial charge >= 0.3 is 0 Å². The van der Waals surface area contributed by atoms with Gasteiger partial charge in [0, 0.05) is 50.0 Å². The lowest BCUT2D eigenvalue weighted by Crippen LogP contribution is -2.54. The first-order chi connectivity index (χ1) is 8.08. The zero-order valence-corrected chi connectivity index (χ0v) is 11.0. The number of hydrogen-bond acceptors (Lipinski definition) is 4. The van der Waals surface area contributed by atoms with Crippen molar-refractivity contribution in [2.24, 2.45) is 0 Å². The summed E-state index contributed by atoms with van der Waals surface area (Å²) in [4.78, 5) is 11.4. The van der Waals surface area contributed by atoms with Crippen molar-refractivity contribution in [3.05, 3.63) is 23.8 Å². The number of aryl methyl sites for hydroxylation is 1. The lowest BCUT2D eigenvalue weighted by Gasteiger charge is -2.40. The van der Waals surface area contributed by atoms with Gasteiger partial charge in [-0.15, -0.1) is 0 Å². The standard InChI is InChI=1S/C13H22N4/c1-11-4-5-15-12(16-11)10-13(2,3)17-8-6-14-7-9-17/h4-5,14H,6-10H2,1-3H3. The average Bonchev–Trinajstić information content (AvgIpc) is 2.29. The van der Waals surface area contributed by atoms with Crippen molar-refractivity contribution in [3.63, 3.8) is 0 Å². The lowest BCUT2D eigenvalue weighted by atomic mass is 9.96. The molecule has 0 unspecified atom stereocenters. The van der Waals surface area contributed by atoms with Crippen LogP contribution in [0.5, 0.6) is 0 Å². The topological polar surface area (TPSA) is 41.1 Å². The van der Waals surface area contributed by atoms with Crippen LogP contribution >= 0.6 is 0 Å². The highest BCUT2D eigenvalue weighted by Gasteiger charge is 2.28. The van der Waals surface area contributed by atoms with Crippen LogP contribution < -0.4 is 5.32 Å². The molecule has 0 aliphatic carbocycles. The van der Waals surface area contributed by atoms with E-state index in [1.165, 1.54) is 0 Å². The first-order valence-electron chi connectivity index (χ1n) is 6.32. The van der Waals surface area contributed by atoms with Crippen molar-refractivity contribution in [2.45, 2.75) is 32.7 Å². The van der Waals surface area contributed by atoms with Gasteiger partial charge in [-0.3, -0.25) is 4.90 Å². The van der Waals surface area contributed by atoms with Gasteiger partial charge in [0.15, 0.2) is 0 Å². The summed E-state index contributed by atoms with van der Waals surface area (Å²) in [7, 11) is 0. The number of aromatic nitrogens is 2. The van der Waals surface area contributed by atoms with Crippen molar-refractivity contribution < 1.29 is 0 Å². The summed E-state index contributed by atoms with van der Waals surface area (Å²) in [6.45, 7) is 11.0. The molecule has 94 valence electrons. The summed E-state index contributed by atoms with van der Waals surface area (Å²) < 4.78 is 0. The first-order valence-corrected chi connectivity index (χ1v) is 6.32. The Labute approximate surface area is 103 Å². The first kappa shape index (κ1) is 12.5. The molecule has 0 spiro atoms. The Balaban J connectivity index is 2.05. The van der Waals surface area contributed by atoms with Crippen LogP contribution in [0.4, 0.5) is 0 Å². The molecular formula is C13H22N4. The van der Waals surface area contributed by atoms with Crippen molar-refractivity contribution in [2.75, 3.05) is 26.2 Å². The van der Waals surface area contributed by atoms with E-state index in [-0.39, 0.29) is 5.54 Å². The van der Waals surface area contributed by atoms with Crippen LogP contribution in [0.3, 0.4) is 0 Å². The van der Waals surface area contributed by atoms with Gasteiger partial charge in [0.05, 0.1) is 0 Å². The average molecular weight is 234 g/mol. The fraction of sp³-hybridized carbons (Fsp3) is 0.692. The van der Waals surface area contributed by atoms with E-state index in [1.54, 1.807) is 0 Å². The molecule has 4 nitrogen and oxygen atoms in total. The van der Waals surface area contributed by atoms with Crippen molar-refractivity contribution in [3.8, 4) is 0 Å². The predicted octanol–water partition coefficient (Wildman–Crippen LogP) is 1.01. The van der Waals surface area contributed by atoms with E-state index in [0.717, 1.165) is 44.1 Å². The minimum absolute atomic E-state index is 0.135. The Kier molecular flexibility index (Phi) is 3.74. The summed E-state index contributed by atoms with van der Waals surface area (Å²) >= 11 is 0. The Morgan fingerprint density at radius 1 is 1.35 bits per heavy atom. The van der Waals surface area contributed by atoms with Gasteiger partial charge in [0.2, 0.25) is 0 Å². The van der Waals surface area contributed by atoms with E-state index < -0.39 is 0 Å². The quantitative estimate of drug-likeness (QED) is 0.847. The summed E-state index contributed by atoms with van der Waals surface area (Å²) in [5.74, 6) is 0.952. The molecule has 0 aromatic carbocycles. The zero-order chi connectivity index (χ0) is 12.3. The van der Waals surface area contributed by atoms with Crippen molar-refractivity contribution in [1.82, 2.24) is 20.2 Å². The van der Waals surface area contributed by atoms with E-state index in [9.17, 15) is 0 Å². The van der Waals surface area contributed by atoms with Crippen LogP contribution in [0.2, 0.25) is 0 Å². The van der Waals surface area contributed by atoms with Gasteiger partial charge in [-0.25, -0.2) is 9.97 Å². The summed E-state index contributed by atoms with van der Waals surface area (Å²) in [5.41, 5.74) is 1.18. The molecule has 4 heteroatoms. The Morgan fingerprint density at radius 3 is 2.71 bits per heavy atom. The fourth-order valence-electron chi connectivity index (χ4n) is 2.35. The molecule has 1 aromatic heterocycles. The molecule has 0 amide bonds. The minimum Gasteiger partial charge on any atom is -0.314 e. The Hall–Kier alpha value is -1.00. The molecule has 2 heterocycles. The molecule has 1 aliphatic heterocycles. The van der Waals surface area contributed by atoms with Crippen LogP contribution in [0, 0.1) is 6.92 Å². The monoisotopic (exact) mass is 234 g/mol. The molecular weight excluding hydrogens is 212 g/mol. The largest absolute Gasteiger partial charge is 0.314 e. The van der Waals surface area contributed by atoms with Gasteiger partial charge in [-0.05, 0) is 26.8 Å². The highest BCUT2D eigenvalue weighted by molar-refractivity contribution is 5.03. The van der Waals surface area contributed by atoms with Crippen LogP contribution in [-0.4, -0.2) is 46.6 Å². The summed E-state index contributed by atoms with van der Waals surface area (Å²) in [6.07, 6.45) is 2.76. The van der Waals surface area contributed by atoms with E-state index in [1.807, 2.05) is 19.2 Å². The Morgan fingerprint density at radius 2 is 2.06 bits per heavy atom. The summed E-state index contributed by atoms with van der Waals surface area (Å²) in [5, 5.41) is 3.39. The van der Waals surface area contributed by atoms with Gasteiger partial charge in [0.1, 0.15) is 5.82 Å². The third-order valence-corrected chi connectivity index (χ3v) is 3.41. The molecule has 0 bridgehead atoms. The fourth-order valence-corrected chi connectivity index (χ4v) is 2.35. The molecule has 1 N–H and O–H groups in total. The molecule has 1 saturated heterocycles. The van der Waals surface area contributed by atoms with E-state index in [0.29, 0.717) is 0 Å². The van der Waals surface area contributed by atoms with Crippen molar-refractivity contribution in [1.29, 1.82) is 0 Å². The third-order valence-electron chi connectivity index (χ3n) is 3.41. The second kappa shape index (κ2) is 5.10. The van der Waals surface area contributed by atoms with Gasteiger partial charge in [-0.1, -0.05) is 0 Å². The molecule has 0 radical (unpaired) electrons. The van der Waals surface area contributed by atoms with Gasteiger partial charge < -0.3 is 5.32 Å². The molecule has 17 heavy (non-hydrogen) atoms. The molecule has 1 aromatic rings. The molecule has 0 saturated carbocycles. The maximum Gasteiger partial charge on any atom is 0.130 e. The molecule has 2 rings (SSSR count). The van der Waals surface area contributed by atoms with Crippen LogP contribution in [0.15, 0.2) is 12.3 Å². The van der Waals surface area contributed by atoms with E-state index in [4.69, 9.17) is 0 Å². The smallest absolute Gasteiger partial charge is 0.130 e. The number of nitrogens with one attached hydrogen (secondary N) is 1. The second-order valence-corrected chi connectivity index (χ2v) is 5.34. The number of rotatable bonds is 3. The third kappa shape index (κ3) is 3.23. The second-order valence-electron chi connectivity index (χ2n) is 5.34. The van der Waals surface area contributed by atoms with Crippen LogP contribution in [0.25, 0.3) is 0 Å². The van der Waals surface area contributed by atoms with Gasteiger partial charge in [-0.2, -0.15) is 0 Å². The number of piperazine rings is 1. The van der Waals surface area contributed by atoms with Crippen LogP contribution in [-0.2, 0) is 6.42 Å². The SMILES string of the molecule is Cc1ccnc(CC(C)(C)N2CCNCC2)n1. The normalized spacial score (nSPS) is 18.3. The van der Waals surface area contributed by atoms with Gasteiger partial charge in [0.25, 0.3) is 0 Å². The maximum atomic E-state index is 4.50. The Bertz CT molecular complexity index is 369. The number of nitrogens with zero attached hydrogens (tertiary/aromatic N) is 3. The van der Waals surface area contributed by atoms with E-state index >= 15 is 0 Å². The molecule has 1 aliphatic rings. The highest BCUT2D eigenvalue weighted by Crippen LogP contribution is 2.19. The predicted molar refractivity (Wildman–Crippen MR) is 69.0 cm³/mol. The lowest BCUT2D eigenvalue weighted by molar-refractivity contribution is 0.102. The maximum absolute atomic E-state index is 4.50. The zero-order valence-electron chi connectivity index (χ0n) is 11.0. The molecule has 1 fully saturated rings. The van der Waals surface area contributed by atoms with Crippen LogP contribution in [0.1, 0.15) is 25.4 Å². The van der Waals surface area contributed by atoms with Crippen molar-refractivity contribution >= 4 is 0 Å². The highest BCUT2D eigenvalue weighted by atomic mass is 15.2. The minimum atomic E-state index is 0.135. The molecule has 0 atom stereocenters. The number of hydrogen-bond donors (Lipinski definition) is 1. The van der Waals surface area contributed by atoms with E-state index in [2.05, 4.69) is 34.0 Å². The summed E-state index contributed by atoms with van der Waals surface area (Å²) in [6, 6.07) is 1.95.